The first-order valence-electron chi connectivity index (χ1n) is 10.7. The van der Waals surface area contributed by atoms with Crippen molar-refractivity contribution >= 4 is 11.6 Å². The predicted octanol–water partition coefficient (Wildman–Crippen LogP) is 3.01. The molecule has 0 spiro atoms. The van der Waals surface area contributed by atoms with Crippen molar-refractivity contribution in [3.8, 4) is 17.1 Å². The first kappa shape index (κ1) is 19.8. The van der Waals surface area contributed by atoms with Crippen LogP contribution in [-0.4, -0.2) is 60.7 Å². The average molecular weight is 425 g/mol. The van der Waals surface area contributed by atoms with Crippen LogP contribution in [0.3, 0.4) is 0 Å². The molecule has 5 rings (SSSR count). The van der Waals surface area contributed by atoms with Crippen LogP contribution in [0.1, 0.15) is 27.2 Å². The van der Waals surface area contributed by atoms with E-state index in [-0.39, 0.29) is 6.09 Å². The Bertz CT molecular complexity index is 1100. The summed E-state index contributed by atoms with van der Waals surface area (Å²) in [5.41, 5.74) is 2.05. The summed E-state index contributed by atoms with van der Waals surface area (Å²) >= 11 is 0. The highest BCUT2D eigenvalue weighted by Gasteiger charge is 2.48. The molecular weight excluding hydrogens is 396 g/mol. The Morgan fingerprint density at radius 2 is 1.97 bits per heavy atom. The Balaban J connectivity index is 1.27. The summed E-state index contributed by atoms with van der Waals surface area (Å²) in [7, 11) is 1.88. The van der Waals surface area contributed by atoms with Gasteiger partial charge in [0.25, 0.3) is 0 Å². The minimum absolute atomic E-state index is 0.214. The summed E-state index contributed by atoms with van der Waals surface area (Å²) in [6, 6.07) is 1.90. The number of nitrogens with zero attached hydrogens (tertiary/aromatic N) is 6. The number of ether oxygens (including phenoxy) is 2. The van der Waals surface area contributed by atoms with Crippen molar-refractivity contribution in [3.05, 3.63) is 30.9 Å². The summed E-state index contributed by atoms with van der Waals surface area (Å²) in [4.78, 5) is 19.0. The van der Waals surface area contributed by atoms with E-state index in [4.69, 9.17) is 14.5 Å². The number of amides is 1. The topological polar surface area (TPSA) is 86.8 Å². The molecule has 1 amide bonds. The summed E-state index contributed by atoms with van der Waals surface area (Å²) in [5, 5.41) is 8.59. The van der Waals surface area contributed by atoms with E-state index in [0.29, 0.717) is 30.2 Å². The van der Waals surface area contributed by atoms with Gasteiger partial charge in [0.2, 0.25) is 5.88 Å². The highest BCUT2D eigenvalue weighted by molar-refractivity contribution is 5.68. The van der Waals surface area contributed by atoms with E-state index in [0.717, 1.165) is 36.3 Å². The minimum Gasteiger partial charge on any atom is -0.476 e. The fourth-order valence-corrected chi connectivity index (χ4v) is 4.61. The van der Waals surface area contributed by atoms with Crippen LogP contribution >= 0.6 is 0 Å². The average Bonchev–Trinajstić information content (AvgIpc) is 3.35. The van der Waals surface area contributed by atoms with E-state index in [1.807, 2.05) is 51.2 Å². The highest BCUT2D eigenvalue weighted by atomic mass is 16.6. The molecule has 0 N–H and O–H groups in total. The van der Waals surface area contributed by atoms with Crippen LogP contribution < -0.4 is 4.74 Å². The molecule has 4 heterocycles. The number of aryl methyl sites for hydroxylation is 1. The molecule has 1 aliphatic carbocycles. The monoisotopic (exact) mass is 424 g/mol. The second kappa shape index (κ2) is 7.25. The molecule has 1 aliphatic heterocycles. The SMILES string of the molecule is Cn1cc(-c2cn3nccc3c(OCC3C4CC3CN(C(=O)OC(C)(C)C)C4)n2)cn1. The summed E-state index contributed by atoms with van der Waals surface area (Å²) in [6.07, 6.45) is 8.25. The Hall–Kier alpha value is -3.10. The molecule has 0 radical (unpaired) electrons. The molecule has 1 saturated heterocycles. The largest absolute Gasteiger partial charge is 0.476 e. The second-order valence-electron chi connectivity index (χ2n) is 9.61. The van der Waals surface area contributed by atoms with Gasteiger partial charge in [-0.3, -0.25) is 4.68 Å². The van der Waals surface area contributed by atoms with Gasteiger partial charge in [0.05, 0.1) is 30.9 Å². The van der Waals surface area contributed by atoms with E-state index in [1.54, 1.807) is 21.6 Å². The molecule has 31 heavy (non-hydrogen) atoms. The third-order valence-corrected chi connectivity index (χ3v) is 6.15. The molecule has 2 atom stereocenters. The molecule has 2 fully saturated rings. The second-order valence-corrected chi connectivity index (χ2v) is 9.61. The number of hydrogen-bond acceptors (Lipinski definition) is 6. The zero-order valence-corrected chi connectivity index (χ0v) is 18.4. The molecule has 0 aromatic carbocycles. The van der Waals surface area contributed by atoms with Crippen molar-refractivity contribution in [3.63, 3.8) is 0 Å². The molecule has 3 aromatic heterocycles. The lowest BCUT2D eigenvalue weighted by molar-refractivity contribution is -0.0686. The van der Waals surface area contributed by atoms with Gasteiger partial charge < -0.3 is 14.4 Å². The van der Waals surface area contributed by atoms with Crippen molar-refractivity contribution in [2.75, 3.05) is 19.7 Å². The third-order valence-electron chi connectivity index (χ3n) is 6.15. The van der Waals surface area contributed by atoms with Crippen molar-refractivity contribution in [2.24, 2.45) is 24.8 Å². The van der Waals surface area contributed by atoms with Gasteiger partial charge in [-0.15, -0.1) is 0 Å². The summed E-state index contributed by atoms with van der Waals surface area (Å²) in [6.45, 7) is 7.74. The first-order valence-corrected chi connectivity index (χ1v) is 10.7. The molecule has 9 nitrogen and oxygen atoms in total. The molecule has 164 valence electrons. The Labute approximate surface area is 181 Å². The molecule has 2 aliphatic rings. The smallest absolute Gasteiger partial charge is 0.410 e. The van der Waals surface area contributed by atoms with Crippen molar-refractivity contribution < 1.29 is 14.3 Å². The number of rotatable bonds is 4. The van der Waals surface area contributed by atoms with Gasteiger partial charge in [-0.05, 0) is 45.1 Å². The normalized spacial score (nSPS) is 23.0. The lowest BCUT2D eigenvalue weighted by Gasteiger charge is -2.53. The van der Waals surface area contributed by atoms with Gasteiger partial charge >= 0.3 is 6.09 Å². The molecule has 2 bridgehead atoms. The fraction of sp³-hybridized carbons (Fsp3) is 0.545. The Morgan fingerprint density at radius 1 is 1.19 bits per heavy atom. The first-order chi connectivity index (χ1) is 14.8. The minimum atomic E-state index is -0.469. The predicted molar refractivity (Wildman–Crippen MR) is 114 cm³/mol. The number of fused-ring (bicyclic) bond motifs is 3. The maximum absolute atomic E-state index is 12.4. The number of hydrogen-bond donors (Lipinski definition) is 0. The van der Waals surface area contributed by atoms with Crippen molar-refractivity contribution in [1.29, 1.82) is 0 Å². The van der Waals surface area contributed by atoms with Crippen LogP contribution in [0.2, 0.25) is 0 Å². The number of aromatic nitrogens is 5. The molecule has 1 saturated carbocycles. The van der Waals surface area contributed by atoms with Crippen LogP contribution in [0.5, 0.6) is 5.88 Å². The molecule has 2 unspecified atom stereocenters. The number of carbonyl (C=O) groups is 1. The van der Waals surface area contributed by atoms with Crippen LogP contribution in [0.15, 0.2) is 30.9 Å². The van der Waals surface area contributed by atoms with Crippen LogP contribution in [0, 0.1) is 17.8 Å². The van der Waals surface area contributed by atoms with E-state index in [9.17, 15) is 4.79 Å². The number of likely N-dealkylation sites (tertiary alicyclic amines) is 1. The van der Waals surface area contributed by atoms with Gasteiger partial charge in [0.15, 0.2) is 0 Å². The van der Waals surface area contributed by atoms with Crippen molar-refractivity contribution in [2.45, 2.75) is 32.8 Å². The Morgan fingerprint density at radius 3 is 2.65 bits per heavy atom. The standard InChI is InChI=1S/C22H28N6O3/c1-22(2,3)31-21(29)27-10-14-7-15(11-27)17(14)13-30-20-19-5-6-23-28(19)12-18(25-20)16-8-24-26(4)9-16/h5-6,8-9,12,14-15,17H,7,10-11,13H2,1-4H3. The lowest BCUT2D eigenvalue weighted by atomic mass is 9.62. The quantitative estimate of drug-likeness (QED) is 0.640. The van der Waals surface area contributed by atoms with E-state index < -0.39 is 5.60 Å². The number of piperidine rings is 2. The van der Waals surface area contributed by atoms with Crippen LogP contribution in [-0.2, 0) is 11.8 Å². The van der Waals surface area contributed by atoms with Crippen LogP contribution in [0.25, 0.3) is 16.8 Å². The third kappa shape index (κ3) is 3.84. The van der Waals surface area contributed by atoms with Gasteiger partial charge in [-0.1, -0.05) is 0 Å². The maximum Gasteiger partial charge on any atom is 0.410 e. The van der Waals surface area contributed by atoms with Crippen molar-refractivity contribution in [1.82, 2.24) is 29.3 Å². The summed E-state index contributed by atoms with van der Waals surface area (Å²) in [5.74, 6) is 1.88. The van der Waals surface area contributed by atoms with Crippen LogP contribution in [0.4, 0.5) is 4.79 Å². The Kier molecular flexibility index (Phi) is 4.64. The maximum atomic E-state index is 12.4. The van der Waals surface area contributed by atoms with E-state index in [2.05, 4.69) is 10.2 Å². The molecule has 9 heteroatoms. The van der Waals surface area contributed by atoms with Gasteiger partial charge in [-0.25, -0.2) is 14.3 Å². The van der Waals surface area contributed by atoms with E-state index in [1.165, 1.54) is 0 Å². The summed E-state index contributed by atoms with van der Waals surface area (Å²) < 4.78 is 15.3. The lowest BCUT2D eigenvalue weighted by Crippen LogP contribution is -2.58. The molecular formula is C22H28N6O3. The zero-order valence-electron chi connectivity index (χ0n) is 18.4. The highest BCUT2D eigenvalue weighted by Crippen LogP contribution is 2.46. The van der Waals surface area contributed by atoms with Gasteiger partial charge in [0, 0.05) is 37.8 Å². The van der Waals surface area contributed by atoms with E-state index >= 15 is 0 Å². The number of carbonyl (C=O) groups excluding carboxylic acids is 1. The molecule has 3 aromatic rings. The zero-order chi connectivity index (χ0) is 21.8. The van der Waals surface area contributed by atoms with Gasteiger partial charge in [-0.2, -0.15) is 10.2 Å². The van der Waals surface area contributed by atoms with Gasteiger partial charge in [0.1, 0.15) is 11.1 Å². The fourth-order valence-electron chi connectivity index (χ4n) is 4.61.